The highest BCUT2D eigenvalue weighted by molar-refractivity contribution is 6.31. The Morgan fingerprint density at radius 1 is 1.38 bits per heavy atom. The number of nitrogens with zero attached hydrogens (tertiary/aromatic N) is 4. The lowest BCUT2D eigenvalue weighted by Gasteiger charge is -2.06. The molecule has 2 aromatic heterocycles. The molecule has 1 amide bonds. The third-order valence-corrected chi connectivity index (χ3v) is 3.62. The maximum absolute atomic E-state index is 11.7. The first-order valence-electron chi connectivity index (χ1n) is 7.01. The normalized spacial score (nSPS) is 10.8. The van der Waals surface area contributed by atoms with Crippen molar-refractivity contribution in [1.29, 1.82) is 0 Å². The van der Waals surface area contributed by atoms with Crippen molar-refractivity contribution in [3.63, 3.8) is 0 Å². The van der Waals surface area contributed by atoms with E-state index >= 15 is 0 Å². The summed E-state index contributed by atoms with van der Waals surface area (Å²) in [6.45, 7) is 5.83. The van der Waals surface area contributed by atoms with Gasteiger partial charge in [0.05, 0.1) is 10.7 Å². The summed E-state index contributed by atoms with van der Waals surface area (Å²) in [5.41, 5.74) is 1.89. The first kappa shape index (κ1) is 15.6. The third-order valence-electron chi connectivity index (χ3n) is 3.25. The van der Waals surface area contributed by atoms with E-state index in [-0.39, 0.29) is 5.91 Å². The second kappa shape index (κ2) is 7.26. The van der Waals surface area contributed by atoms with E-state index in [2.05, 4.69) is 15.5 Å². The Balaban J connectivity index is 1.62. The van der Waals surface area contributed by atoms with Crippen molar-refractivity contribution in [1.82, 2.24) is 24.9 Å². The van der Waals surface area contributed by atoms with Gasteiger partial charge in [-0.1, -0.05) is 11.6 Å². The molecule has 2 aromatic rings. The summed E-state index contributed by atoms with van der Waals surface area (Å²) in [5, 5.41) is 12.0. The minimum absolute atomic E-state index is 0.0413. The minimum Gasteiger partial charge on any atom is -0.356 e. The summed E-state index contributed by atoms with van der Waals surface area (Å²) in [4.78, 5) is 11.7. The second-order valence-electron chi connectivity index (χ2n) is 4.97. The molecular weight excluding hydrogens is 290 g/mol. The van der Waals surface area contributed by atoms with Crippen molar-refractivity contribution in [2.24, 2.45) is 0 Å². The average Bonchev–Trinajstić information content (AvgIpc) is 2.99. The molecule has 0 spiro atoms. The van der Waals surface area contributed by atoms with E-state index in [1.807, 2.05) is 24.6 Å². The lowest BCUT2D eigenvalue weighted by molar-refractivity contribution is -0.121. The fourth-order valence-corrected chi connectivity index (χ4v) is 2.16. The van der Waals surface area contributed by atoms with Crippen molar-refractivity contribution < 1.29 is 4.79 Å². The fraction of sp³-hybridized carbons (Fsp3) is 0.500. The van der Waals surface area contributed by atoms with Gasteiger partial charge in [-0.3, -0.25) is 14.2 Å². The Morgan fingerprint density at radius 2 is 2.19 bits per heavy atom. The minimum atomic E-state index is 0.0413. The van der Waals surface area contributed by atoms with Gasteiger partial charge < -0.3 is 5.32 Å². The number of aryl methyl sites for hydroxylation is 4. The molecule has 0 atom stereocenters. The smallest absolute Gasteiger partial charge is 0.221 e. The molecule has 0 unspecified atom stereocenters. The molecule has 1 N–H and O–H groups in total. The molecule has 0 bridgehead atoms. The molecule has 2 heterocycles. The molecule has 0 saturated carbocycles. The van der Waals surface area contributed by atoms with Gasteiger partial charge in [-0.2, -0.15) is 10.2 Å². The second-order valence-corrected chi connectivity index (χ2v) is 5.38. The number of carbonyl (C=O) groups is 1. The van der Waals surface area contributed by atoms with Gasteiger partial charge in [0.2, 0.25) is 5.91 Å². The predicted octanol–water partition coefficient (Wildman–Crippen LogP) is 1.95. The van der Waals surface area contributed by atoms with Crippen LogP contribution in [0.5, 0.6) is 0 Å². The Labute approximate surface area is 129 Å². The largest absolute Gasteiger partial charge is 0.356 e. The van der Waals surface area contributed by atoms with Crippen LogP contribution in [0.1, 0.15) is 24.2 Å². The molecule has 0 fully saturated rings. The quantitative estimate of drug-likeness (QED) is 0.795. The molecule has 0 aliphatic heterocycles. The van der Waals surface area contributed by atoms with Crippen molar-refractivity contribution in [3.8, 4) is 0 Å². The van der Waals surface area contributed by atoms with E-state index in [0.29, 0.717) is 24.5 Å². The van der Waals surface area contributed by atoms with Crippen molar-refractivity contribution >= 4 is 17.5 Å². The number of carbonyl (C=O) groups excluding carboxylic acids is 1. The summed E-state index contributed by atoms with van der Waals surface area (Å²) in [5.74, 6) is 0.0413. The van der Waals surface area contributed by atoms with Crippen LogP contribution in [-0.2, 0) is 17.9 Å². The van der Waals surface area contributed by atoms with E-state index < -0.39 is 0 Å². The maximum Gasteiger partial charge on any atom is 0.221 e. The van der Waals surface area contributed by atoms with Crippen LogP contribution in [0.25, 0.3) is 0 Å². The van der Waals surface area contributed by atoms with E-state index in [0.717, 1.165) is 24.4 Å². The van der Waals surface area contributed by atoms with Crippen LogP contribution in [0.4, 0.5) is 0 Å². The topological polar surface area (TPSA) is 64.7 Å². The first-order chi connectivity index (χ1) is 10.1. The highest BCUT2D eigenvalue weighted by Gasteiger charge is 2.04. The standard InChI is InChI=1S/C14H20ClN5O/c1-11-4-7-17-20(11)9-5-14(21)16-6-3-8-19-10-13(15)12(2)18-19/h4,7,10H,3,5-6,8-9H2,1-2H3,(H,16,21). The zero-order valence-electron chi connectivity index (χ0n) is 12.3. The molecule has 0 aromatic carbocycles. The Kier molecular flexibility index (Phi) is 5.38. The molecule has 0 aliphatic carbocycles. The van der Waals surface area contributed by atoms with Crippen LogP contribution >= 0.6 is 11.6 Å². The van der Waals surface area contributed by atoms with Crippen molar-refractivity contribution in [3.05, 3.63) is 34.9 Å². The van der Waals surface area contributed by atoms with Crippen LogP contribution in [0.3, 0.4) is 0 Å². The van der Waals surface area contributed by atoms with E-state index in [1.54, 1.807) is 17.1 Å². The fourth-order valence-electron chi connectivity index (χ4n) is 2.01. The zero-order valence-corrected chi connectivity index (χ0v) is 13.1. The SMILES string of the molecule is Cc1nn(CCCNC(=O)CCn2nccc2C)cc1Cl. The highest BCUT2D eigenvalue weighted by Crippen LogP contribution is 2.11. The van der Waals surface area contributed by atoms with Crippen molar-refractivity contribution in [2.75, 3.05) is 6.54 Å². The van der Waals surface area contributed by atoms with Crippen LogP contribution in [-0.4, -0.2) is 32.0 Å². The lowest BCUT2D eigenvalue weighted by Crippen LogP contribution is -2.26. The molecule has 6 nitrogen and oxygen atoms in total. The molecule has 0 aliphatic rings. The average molecular weight is 310 g/mol. The summed E-state index contributed by atoms with van der Waals surface area (Å²) in [6, 6.07) is 1.93. The van der Waals surface area contributed by atoms with E-state index in [9.17, 15) is 4.79 Å². The molecular formula is C14H20ClN5O. The number of rotatable bonds is 7. The van der Waals surface area contributed by atoms with E-state index in [4.69, 9.17) is 11.6 Å². The molecule has 0 saturated heterocycles. The lowest BCUT2D eigenvalue weighted by atomic mass is 10.3. The molecule has 2 rings (SSSR count). The van der Waals surface area contributed by atoms with Crippen LogP contribution in [0, 0.1) is 13.8 Å². The Bertz CT molecular complexity index is 585. The van der Waals surface area contributed by atoms with Crippen molar-refractivity contribution in [2.45, 2.75) is 39.8 Å². The van der Waals surface area contributed by atoms with Gasteiger partial charge >= 0.3 is 0 Å². The van der Waals surface area contributed by atoms with Crippen LogP contribution in [0.2, 0.25) is 5.02 Å². The number of nitrogens with one attached hydrogen (secondary N) is 1. The predicted molar refractivity (Wildman–Crippen MR) is 81.2 cm³/mol. The summed E-state index contributed by atoms with van der Waals surface area (Å²) < 4.78 is 3.63. The number of hydrogen-bond donors (Lipinski definition) is 1. The zero-order chi connectivity index (χ0) is 15.2. The highest BCUT2D eigenvalue weighted by atomic mass is 35.5. The van der Waals surface area contributed by atoms with E-state index in [1.165, 1.54) is 0 Å². The number of amides is 1. The third kappa shape index (κ3) is 4.60. The number of halogens is 1. The Morgan fingerprint density at radius 3 is 2.81 bits per heavy atom. The van der Waals surface area contributed by atoms with Gasteiger partial charge in [0, 0.05) is 44.1 Å². The first-order valence-corrected chi connectivity index (χ1v) is 7.38. The Hall–Kier alpha value is -1.82. The summed E-state index contributed by atoms with van der Waals surface area (Å²) in [7, 11) is 0. The van der Waals surface area contributed by atoms with Crippen LogP contribution in [0.15, 0.2) is 18.5 Å². The van der Waals surface area contributed by atoms with Gasteiger partial charge in [-0.05, 0) is 26.3 Å². The molecule has 0 radical (unpaired) electrons. The van der Waals surface area contributed by atoms with Gasteiger partial charge in [0.25, 0.3) is 0 Å². The van der Waals surface area contributed by atoms with Gasteiger partial charge in [0.15, 0.2) is 0 Å². The molecule has 7 heteroatoms. The maximum atomic E-state index is 11.7. The number of aromatic nitrogens is 4. The molecule has 114 valence electrons. The van der Waals surface area contributed by atoms with Gasteiger partial charge in [-0.15, -0.1) is 0 Å². The number of hydrogen-bond acceptors (Lipinski definition) is 3. The van der Waals surface area contributed by atoms with Crippen LogP contribution < -0.4 is 5.32 Å². The van der Waals surface area contributed by atoms with Gasteiger partial charge in [-0.25, -0.2) is 0 Å². The summed E-state index contributed by atoms with van der Waals surface area (Å²) >= 11 is 5.93. The molecule has 21 heavy (non-hydrogen) atoms. The van der Waals surface area contributed by atoms with Gasteiger partial charge in [0.1, 0.15) is 0 Å². The summed E-state index contributed by atoms with van der Waals surface area (Å²) in [6.07, 6.45) is 4.81. The monoisotopic (exact) mass is 309 g/mol.